The minimum absolute atomic E-state index is 0.195. The van der Waals surface area contributed by atoms with Gasteiger partial charge >= 0.3 is 14.0 Å². The number of aromatic nitrogens is 5. The van der Waals surface area contributed by atoms with Crippen LogP contribution in [0.2, 0.25) is 0 Å². The topological polar surface area (TPSA) is 191 Å². The van der Waals surface area contributed by atoms with Crippen molar-refractivity contribution in [1.82, 2.24) is 24.9 Å². The fourth-order valence-corrected chi connectivity index (χ4v) is 5.91. The van der Waals surface area contributed by atoms with Crippen molar-refractivity contribution < 1.29 is 47.8 Å². The van der Waals surface area contributed by atoms with Gasteiger partial charge in [-0.2, -0.15) is 0 Å². The molecule has 2 aliphatic heterocycles. The number of pyridine rings is 5. The van der Waals surface area contributed by atoms with Crippen molar-refractivity contribution in [3.8, 4) is 34.9 Å². The number of hydrogen-bond acceptors (Lipinski definition) is 16. The van der Waals surface area contributed by atoms with Gasteiger partial charge in [0.05, 0.1) is 66.5 Å². The number of anilines is 2. The first-order chi connectivity index (χ1) is 30.2. The molecule has 16 nitrogen and oxygen atoms in total. The molecule has 0 unspecified atom stereocenters. The lowest BCUT2D eigenvalue weighted by atomic mass is 9.49. The van der Waals surface area contributed by atoms with Crippen molar-refractivity contribution in [3.63, 3.8) is 0 Å². The Labute approximate surface area is 392 Å². The maximum Gasteiger partial charge on any atom is 0.488 e. The van der Waals surface area contributed by atoms with Crippen molar-refractivity contribution in [2.24, 2.45) is 0 Å². The second kappa shape index (κ2) is 21.5. The van der Waals surface area contributed by atoms with Gasteiger partial charge in [0.25, 0.3) is 0 Å². The Morgan fingerprint density at radius 3 is 1.54 bits per heavy atom. The zero-order valence-corrected chi connectivity index (χ0v) is 41.9. The molecule has 350 valence electrons. The molecule has 2 fully saturated rings. The van der Waals surface area contributed by atoms with Crippen molar-refractivity contribution in [1.29, 1.82) is 0 Å². The number of nitrogens with zero attached hydrogens (tertiary/aromatic N) is 5. The van der Waals surface area contributed by atoms with Crippen molar-refractivity contribution >= 4 is 41.5 Å². The highest BCUT2D eigenvalue weighted by Crippen LogP contribution is 2.43. The molecule has 0 spiro atoms. The SMILES string of the molecule is CC1(C)OB(B2OC(C)(C)C(C)(C)O2)OC1(C)C.COc1ccc(Br)c(C)n1.COc1ccc(O)c(C)n1.COc1ccc(Oc2ccnc(Nc3ccnc(C(C)(C)O)c3)c2)c(C)n1. The first-order valence-corrected chi connectivity index (χ1v) is 21.7. The van der Waals surface area contributed by atoms with E-state index in [4.69, 9.17) is 42.7 Å². The molecule has 2 aliphatic rings. The summed E-state index contributed by atoms with van der Waals surface area (Å²) in [6.07, 6.45) is 3.30. The Morgan fingerprint density at radius 2 is 1.08 bits per heavy atom. The average molecular weight is 962 g/mol. The highest BCUT2D eigenvalue weighted by Gasteiger charge is 2.63. The standard InChI is InChI=1S/C20H22N4O3.C12H24B2O4.C7H8BrNO.C7H9NO2/c1-13-16(5-6-19(23-13)26-4)27-15-8-10-22-18(12-15)24-14-7-9-21-17(11-14)20(2,3)25;1-9(2)10(3,4)16-13(15-9)14-17-11(5,6)12(7,8)18-14;1-5-6(8)3-4-7(9-5)10-2;1-5-6(9)3-4-7(8-5)10-2/h5-12,25H,1-4H3,(H,21,22,24);1-8H3;3-4H,1-2H3;3-4,9H,1-2H3. The quantitative estimate of drug-likeness (QED) is 0.118. The summed E-state index contributed by atoms with van der Waals surface area (Å²) in [5.74, 6) is 3.79. The fraction of sp³-hybridized carbons (Fsp3) is 0.457. The average Bonchev–Trinajstić information content (AvgIpc) is 3.60. The van der Waals surface area contributed by atoms with Gasteiger partial charge in [0, 0.05) is 46.8 Å². The lowest BCUT2D eigenvalue weighted by molar-refractivity contribution is 0.00578. The molecule has 0 amide bonds. The van der Waals surface area contributed by atoms with E-state index < -0.39 is 19.6 Å². The molecule has 5 aromatic rings. The second-order valence-corrected chi connectivity index (χ2v) is 18.5. The zero-order valence-electron chi connectivity index (χ0n) is 40.4. The van der Waals surface area contributed by atoms with E-state index in [0.717, 1.165) is 21.5 Å². The molecule has 0 atom stereocenters. The molecule has 7 heterocycles. The Morgan fingerprint density at radius 1 is 0.615 bits per heavy atom. The smallest absolute Gasteiger partial charge is 0.488 e. The molecule has 5 aromatic heterocycles. The van der Waals surface area contributed by atoms with Crippen LogP contribution in [0.25, 0.3) is 0 Å². The number of rotatable bonds is 9. The molecule has 0 bridgehead atoms. The molecule has 0 saturated carbocycles. The molecule has 19 heteroatoms. The van der Waals surface area contributed by atoms with E-state index in [1.54, 1.807) is 90.9 Å². The minimum Gasteiger partial charge on any atom is -0.506 e. The fourth-order valence-electron chi connectivity index (χ4n) is 5.69. The summed E-state index contributed by atoms with van der Waals surface area (Å²) in [4.78, 5) is 20.8. The molecule has 0 aliphatic carbocycles. The Hall–Kier alpha value is -5.04. The molecule has 7 rings (SSSR count). The summed E-state index contributed by atoms with van der Waals surface area (Å²) in [5, 5.41) is 22.3. The van der Waals surface area contributed by atoms with E-state index in [0.29, 0.717) is 46.3 Å². The van der Waals surface area contributed by atoms with Gasteiger partial charge < -0.3 is 53.1 Å². The Balaban J connectivity index is 0.000000208. The third-order valence-electron chi connectivity index (χ3n) is 11.1. The van der Waals surface area contributed by atoms with Crippen LogP contribution >= 0.6 is 15.9 Å². The molecule has 0 radical (unpaired) electrons. The van der Waals surface area contributed by atoms with Gasteiger partial charge in [-0.3, -0.25) is 4.98 Å². The number of aryl methyl sites for hydroxylation is 3. The second-order valence-electron chi connectivity index (χ2n) is 17.7. The van der Waals surface area contributed by atoms with Gasteiger partial charge in [0.1, 0.15) is 28.7 Å². The Kier molecular flexibility index (Phi) is 17.4. The molecule has 65 heavy (non-hydrogen) atoms. The monoisotopic (exact) mass is 960 g/mol. The van der Waals surface area contributed by atoms with Crippen LogP contribution < -0.4 is 24.3 Å². The number of aromatic hydroxyl groups is 1. The predicted octanol–water partition coefficient (Wildman–Crippen LogP) is 9.47. The number of aliphatic hydroxyl groups is 1. The van der Waals surface area contributed by atoms with Crippen LogP contribution in [0, 0.1) is 20.8 Å². The van der Waals surface area contributed by atoms with Gasteiger partial charge in [0.2, 0.25) is 17.6 Å². The molecule has 0 aromatic carbocycles. The predicted molar refractivity (Wildman–Crippen MR) is 255 cm³/mol. The normalized spacial score (nSPS) is 16.4. The van der Waals surface area contributed by atoms with E-state index in [-0.39, 0.29) is 28.2 Å². The Bertz CT molecular complexity index is 2250. The first kappa shape index (κ1) is 52.6. The van der Waals surface area contributed by atoms with Gasteiger partial charge in [0.15, 0.2) is 0 Å². The van der Waals surface area contributed by atoms with Crippen molar-refractivity contribution in [2.45, 2.75) is 118 Å². The van der Waals surface area contributed by atoms with E-state index >= 15 is 0 Å². The highest BCUT2D eigenvalue weighted by atomic mass is 79.9. The van der Waals surface area contributed by atoms with Crippen molar-refractivity contribution in [2.75, 3.05) is 26.6 Å². The lowest BCUT2D eigenvalue weighted by Crippen LogP contribution is -2.41. The first-order valence-electron chi connectivity index (χ1n) is 20.9. The number of hydrogen-bond donors (Lipinski definition) is 3. The highest BCUT2D eigenvalue weighted by molar-refractivity contribution is 9.10. The maximum atomic E-state index is 10.1. The minimum atomic E-state index is -1.02. The van der Waals surface area contributed by atoms with E-state index in [9.17, 15) is 5.11 Å². The molecule has 2 saturated heterocycles. The molecular weight excluding hydrogens is 898 g/mol. The van der Waals surface area contributed by atoms with Gasteiger partial charge in [-0.25, -0.2) is 19.9 Å². The van der Waals surface area contributed by atoms with E-state index in [1.165, 1.54) is 0 Å². The summed E-state index contributed by atoms with van der Waals surface area (Å²) in [7, 11) is 3.77. The summed E-state index contributed by atoms with van der Waals surface area (Å²) in [5.41, 5.74) is 1.14. The van der Waals surface area contributed by atoms with E-state index in [2.05, 4.69) is 46.2 Å². The lowest BCUT2D eigenvalue weighted by Gasteiger charge is -2.32. The third kappa shape index (κ3) is 14.2. The summed E-state index contributed by atoms with van der Waals surface area (Å²) in [6, 6.07) is 17.6. The summed E-state index contributed by atoms with van der Waals surface area (Å²) < 4.78 is 45.6. The van der Waals surface area contributed by atoms with Crippen LogP contribution in [-0.4, -0.2) is 92.9 Å². The molecular formula is C46H63B2BrN6O10. The van der Waals surface area contributed by atoms with Crippen LogP contribution in [0.5, 0.6) is 34.9 Å². The maximum absolute atomic E-state index is 10.1. The van der Waals surface area contributed by atoms with Crippen LogP contribution in [0.15, 0.2) is 77.5 Å². The molecule has 3 N–H and O–H groups in total. The zero-order chi connectivity index (χ0) is 48.5. The summed E-state index contributed by atoms with van der Waals surface area (Å²) in [6.45, 7) is 25.1. The van der Waals surface area contributed by atoms with Gasteiger partial charge in [-0.1, -0.05) is 0 Å². The van der Waals surface area contributed by atoms with Crippen molar-refractivity contribution in [3.05, 3.63) is 100 Å². The number of nitrogens with one attached hydrogen (secondary N) is 1. The van der Waals surface area contributed by atoms with Crippen LogP contribution in [-0.2, 0) is 24.2 Å². The number of halogens is 1. The van der Waals surface area contributed by atoms with Crippen LogP contribution in [0.3, 0.4) is 0 Å². The summed E-state index contributed by atoms with van der Waals surface area (Å²) >= 11 is 3.34. The van der Waals surface area contributed by atoms with E-state index in [1.807, 2.05) is 93.5 Å². The van der Waals surface area contributed by atoms with Crippen LogP contribution in [0.4, 0.5) is 11.5 Å². The third-order valence-corrected chi connectivity index (χ3v) is 11.9. The number of methoxy groups -OCH3 is 3. The van der Waals surface area contributed by atoms with Crippen LogP contribution in [0.1, 0.15) is 92.0 Å². The number of ether oxygens (including phenoxy) is 4. The largest absolute Gasteiger partial charge is 0.506 e. The van der Waals surface area contributed by atoms with Gasteiger partial charge in [-0.05, 0) is 142 Å². The van der Waals surface area contributed by atoms with Gasteiger partial charge in [-0.15, -0.1) is 0 Å².